The Morgan fingerprint density at radius 3 is 2.33 bits per heavy atom. The van der Waals surface area contributed by atoms with Crippen LogP contribution in [0.5, 0.6) is 11.5 Å². The molecule has 2 aliphatic heterocycles. The van der Waals surface area contributed by atoms with E-state index in [4.69, 9.17) is 42.1 Å². The molecule has 0 aliphatic carbocycles. The Bertz CT molecular complexity index is 1060. The van der Waals surface area contributed by atoms with Gasteiger partial charge >= 0.3 is 0 Å². The number of benzene rings is 2. The fourth-order valence-corrected chi connectivity index (χ4v) is 4.44. The van der Waals surface area contributed by atoms with Crippen molar-refractivity contribution in [1.29, 1.82) is 0 Å². The molecule has 2 aromatic carbocycles. The fraction of sp³-hybridized carbons (Fsp3) is 0.462. The molecule has 4 rings (SSSR count). The van der Waals surface area contributed by atoms with Gasteiger partial charge < -0.3 is 28.7 Å². The Balaban J connectivity index is 1.45. The van der Waals surface area contributed by atoms with Gasteiger partial charge in [0.2, 0.25) is 5.91 Å². The third kappa shape index (κ3) is 7.03. The molecule has 0 radical (unpaired) electrons. The van der Waals surface area contributed by atoms with Crippen LogP contribution in [0.4, 0.5) is 0 Å². The lowest BCUT2D eigenvalue weighted by Gasteiger charge is -2.43. The number of hydrogen-bond acceptors (Lipinski definition) is 6. The third-order valence-corrected chi connectivity index (χ3v) is 6.92. The maximum Gasteiger partial charge on any atom is 0.260 e. The number of aryl methyl sites for hydroxylation is 1. The molecule has 0 aromatic heterocycles. The maximum atomic E-state index is 13.2. The molecule has 2 aromatic rings. The van der Waals surface area contributed by atoms with Crippen LogP contribution in [-0.4, -0.2) is 86.4 Å². The first-order valence-electron chi connectivity index (χ1n) is 11.9. The van der Waals surface area contributed by atoms with Crippen LogP contribution in [0.2, 0.25) is 10.0 Å². The Labute approximate surface area is 220 Å². The van der Waals surface area contributed by atoms with Gasteiger partial charge in [0, 0.05) is 29.7 Å². The van der Waals surface area contributed by atoms with Crippen LogP contribution >= 0.6 is 23.2 Å². The van der Waals surface area contributed by atoms with Gasteiger partial charge in [0.25, 0.3) is 5.91 Å². The van der Waals surface area contributed by atoms with E-state index in [1.165, 1.54) is 0 Å². The van der Waals surface area contributed by atoms with E-state index >= 15 is 0 Å². The Morgan fingerprint density at radius 2 is 1.61 bits per heavy atom. The van der Waals surface area contributed by atoms with Crippen LogP contribution in [0.25, 0.3) is 0 Å². The average molecular weight is 537 g/mol. The molecule has 0 N–H and O–H groups in total. The van der Waals surface area contributed by atoms with E-state index in [9.17, 15) is 9.59 Å². The first kappa shape index (κ1) is 26.5. The number of morpholine rings is 2. The van der Waals surface area contributed by atoms with Gasteiger partial charge in [0.15, 0.2) is 6.61 Å². The van der Waals surface area contributed by atoms with Crippen LogP contribution < -0.4 is 9.47 Å². The standard InChI is InChI=1S/C26H30Cl2N2O6/c1-19-14-22(6-7-23(19)28)35-18-26(15-24(31)29-8-11-33-12-9-29)17-30(10-13-36-26)25(32)16-34-21-4-2-20(27)3-5-21/h2-7,14H,8-13,15-18H2,1H3/t26-/m0/s1. The van der Waals surface area contributed by atoms with Gasteiger partial charge in [-0.25, -0.2) is 0 Å². The molecule has 10 heteroatoms. The Morgan fingerprint density at radius 1 is 0.917 bits per heavy atom. The summed E-state index contributed by atoms with van der Waals surface area (Å²) in [6, 6.07) is 12.2. The van der Waals surface area contributed by atoms with Crippen LogP contribution in [0.15, 0.2) is 42.5 Å². The van der Waals surface area contributed by atoms with Crippen molar-refractivity contribution in [3.05, 3.63) is 58.1 Å². The van der Waals surface area contributed by atoms with Crippen LogP contribution in [-0.2, 0) is 19.1 Å². The van der Waals surface area contributed by atoms with Crippen molar-refractivity contribution in [2.45, 2.75) is 18.9 Å². The second-order valence-corrected chi connectivity index (χ2v) is 9.80. The number of hydrogen-bond donors (Lipinski definition) is 0. The van der Waals surface area contributed by atoms with Crippen LogP contribution in [0.1, 0.15) is 12.0 Å². The molecule has 2 amide bonds. The highest BCUT2D eigenvalue weighted by Crippen LogP contribution is 2.27. The largest absolute Gasteiger partial charge is 0.490 e. The van der Waals surface area contributed by atoms with Gasteiger partial charge in [0.1, 0.15) is 23.7 Å². The van der Waals surface area contributed by atoms with E-state index in [0.29, 0.717) is 54.4 Å². The van der Waals surface area contributed by atoms with E-state index < -0.39 is 5.60 Å². The molecule has 2 heterocycles. The van der Waals surface area contributed by atoms with Crippen molar-refractivity contribution >= 4 is 35.0 Å². The van der Waals surface area contributed by atoms with E-state index in [0.717, 1.165) is 5.56 Å². The monoisotopic (exact) mass is 536 g/mol. The number of ether oxygens (including phenoxy) is 4. The van der Waals surface area contributed by atoms with Gasteiger partial charge in [-0.15, -0.1) is 0 Å². The van der Waals surface area contributed by atoms with Gasteiger partial charge in [-0.05, 0) is 55.0 Å². The highest BCUT2D eigenvalue weighted by Gasteiger charge is 2.42. The summed E-state index contributed by atoms with van der Waals surface area (Å²) < 4.78 is 23.3. The van der Waals surface area contributed by atoms with Gasteiger partial charge in [-0.3, -0.25) is 9.59 Å². The average Bonchev–Trinajstić information content (AvgIpc) is 2.89. The summed E-state index contributed by atoms with van der Waals surface area (Å²) in [7, 11) is 0. The number of amides is 2. The zero-order chi connectivity index (χ0) is 25.5. The predicted octanol–water partition coefficient (Wildman–Crippen LogP) is 3.61. The second-order valence-electron chi connectivity index (χ2n) is 8.96. The number of rotatable bonds is 8. The Kier molecular flexibility index (Phi) is 8.95. The molecule has 194 valence electrons. The minimum Gasteiger partial charge on any atom is -0.490 e. The predicted molar refractivity (Wildman–Crippen MR) is 136 cm³/mol. The summed E-state index contributed by atoms with van der Waals surface area (Å²) in [5, 5.41) is 1.23. The lowest BCUT2D eigenvalue weighted by atomic mass is 9.96. The lowest BCUT2D eigenvalue weighted by molar-refractivity contribution is -0.168. The highest BCUT2D eigenvalue weighted by atomic mass is 35.5. The van der Waals surface area contributed by atoms with Crippen molar-refractivity contribution < 1.29 is 28.5 Å². The van der Waals surface area contributed by atoms with Crippen LogP contribution in [0, 0.1) is 6.92 Å². The second kappa shape index (κ2) is 12.1. The molecular weight excluding hydrogens is 507 g/mol. The Hall–Kier alpha value is -2.52. The minimum absolute atomic E-state index is 0.0547. The number of nitrogens with zero attached hydrogens (tertiary/aromatic N) is 2. The molecule has 0 saturated carbocycles. The zero-order valence-electron chi connectivity index (χ0n) is 20.2. The van der Waals surface area contributed by atoms with Crippen molar-refractivity contribution in [1.82, 2.24) is 9.80 Å². The first-order chi connectivity index (χ1) is 17.3. The smallest absolute Gasteiger partial charge is 0.260 e. The zero-order valence-corrected chi connectivity index (χ0v) is 21.7. The topological polar surface area (TPSA) is 77.5 Å². The normalized spacial score (nSPS) is 20.2. The molecule has 2 aliphatic rings. The van der Waals surface area contributed by atoms with Gasteiger partial charge in [0.05, 0.1) is 32.8 Å². The SMILES string of the molecule is Cc1cc(OC[C@]2(CC(=O)N3CCOCC3)CN(C(=O)COc3ccc(Cl)cc3)CCO2)ccc1Cl. The molecule has 2 saturated heterocycles. The lowest BCUT2D eigenvalue weighted by Crippen LogP contribution is -2.59. The highest BCUT2D eigenvalue weighted by molar-refractivity contribution is 6.31. The summed E-state index contributed by atoms with van der Waals surface area (Å²) in [4.78, 5) is 29.6. The molecule has 0 unspecified atom stereocenters. The molecule has 1 atom stereocenters. The summed E-state index contributed by atoms with van der Waals surface area (Å²) >= 11 is 12.1. The van der Waals surface area contributed by atoms with E-state index in [1.807, 2.05) is 13.0 Å². The molecule has 2 fully saturated rings. The van der Waals surface area contributed by atoms with Crippen molar-refractivity contribution in [3.63, 3.8) is 0 Å². The van der Waals surface area contributed by atoms with E-state index in [1.54, 1.807) is 46.2 Å². The summed E-state index contributed by atoms with van der Waals surface area (Å²) in [5.74, 6) is 0.920. The van der Waals surface area contributed by atoms with Crippen molar-refractivity contribution in [3.8, 4) is 11.5 Å². The third-order valence-electron chi connectivity index (χ3n) is 6.25. The number of carbonyl (C=O) groups is 2. The van der Waals surface area contributed by atoms with E-state index in [2.05, 4.69) is 0 Å². The van der Waals surface area contributed by atoms with Crippen LogP contribution in [0.3, 0.4) is 0 Å². The number of halogens is 2. The molecule has 0 spiro atoms. The maximum absolute atomic E-state index is 13.2. The summed E-state index contributed by atoms with van der Waals surface area (Å²) in [5.41, 5.74) is -0.120. The van der Waals surface area contributed by atoms with E-state index in [-0.39, 0.29) is 44.6 Å². The summed E-state index contributed by atoms with van der Waals surface area (Å²) in [6.07, 6.45) is 0.0847. The van der Waals surface area contributed by atoms with Crippen molar-refractivity contribution in [2.24, 2.45) is 0 Å². The molecule has 36 heavy (non-hydrogen) atoms. The van der Waals surface area contributed by atoms with Crippen molar-refractivity contribution in [2.75, 3.05) is 59.2 Å². The van der Waals surface area contributed by atoms with Gasteiger partial charge in [-0.2, -0.15) is 0 Å². The molecule has 8 nitrogen and oxygen atoms in total. The summed E-state index contributed by atoms with van der Waals surface area (Å²) in [6.45, 7) is 4.83. The quantitative estimate of drug-likeness (QED) is 0.512. The minimum atomic E-state index is -1.00. The molecule has 0 bridgehead atoms. The van der Waals surface area contributed by atoms with Gasteiger partial charge in [-0.1, -0.05) is 23.2 Å². The molecular formula is C26H30Cl2N2O6. The first-order valence-corrected chi connectivity index (χ1v) is 12.6. The number of carbonyl (C=O) groups excluding carboxylic acids is 2. The fourth-order valence-electron chi connectivity index (χ4n) is 4.19.